The van der Waals surface area contributed by atoms with Crippen LogP contribution in [0, 0.1) is 0 Å². The number of carbonyl (C=O) groups is 1. The Balaban J connectivity index is 2.09. The number of hydrogen-bond acceptors (Lipinski definition) is 3. The summed E-state index contributed by atoms with van der Waals surface area (Å²) in [6.45, 7) is 0. The lowest BCUT2D eigenvalue weighted by Crippen LogP contribution is -2.14. The van der Waals surface area contributed by atoms with E-state index in [-0.39, 0.29) is 11.8 Å². The van der Waals surface area contributed by atoms with Gasteiger partial charge in [-0.1, -0.05) is 23.9 Å². The van der Waals surface area contributed by atoms with Crippen LogP contribution in [0.2, 0.25) is 0 Å². The minimum Gasteiger partial charge on any atom is -0.481 e. The normalized spacial score (nSPS) is 19.2. The van der Waals surface area contributed by atoms with E-state index < -0.39 is 5.97 Å². The summed E-state index contributed by atoms with van der Waals surface area (Å²) < 4.78 is 0. The molecule has 0 amide bonds. The van der Waals surface area contributed by atoms with Gasteiger partial charge >= 0.3 is 5.97 Å². The third kappa shape index (κ3) is 1.78. The van der Waals surface area contributed by atoms with Crippen molar-refractivity contribution in [1.82, 2.24) is 0 Å². The largest absolute Gasteiger partial charge is 0.481 e. The molecule has 0 saturated heterocycles. The molecule has 1 aliphatic heterocycles. The Morgan fingerprint density at radius 2 is 2.31 bits per heavy atom. The summed E-state index contributed by atoms with van der Waals surface area (Å²) in [5.74, 6) is -0.766. The Kier molecular flexibility index (Phi) is 2.14. The molecule has 0 radical (unpaired) electrons. The van der Waals surface area contributed by atoms with Crippen molar-refractivity contribution in [2.24, 2.45) is 0 Å². The van der Waals surface area contributed by atoms with Gasteiger partial charge in [0.2, 0.25) is 0 Å². The number of thioether (sulfide) groups is 1. The Labute approximate surface area is 80.1 Å². The van der Waals surface area contributed by atoms with E-state index in [0.717, 1.165) is 10.6 Å². The molecule has 1 aromatic rings. The summed E-state index contributed by atoms with van der Waals surface area (Å²) in [6, 6.07) is 7.85. The lowest BCUT2D eigenvalue weighted by atomic mass is 10.3. The third-order valence-corrected chi connectivity index (χ3v) is 3.01. The number of carboxylic acid groups (broad SMARTS) is 1. The van der Waals surface area contributed by atoms with Crippen LogP contribution in [0.1, 0.15) is 6.42 Å². The first-order chi connectivity index (χ1) is 6.25. The number of para-hydroxylation sites is 1. The molecular weight excluding hydrogens is 186 g/mol. The third-order valence-electron chi connectivity index (χ3n) is 1.83. The van der Waals surface area contributed by atoms with Gasteiger partial charge in [0.25, 0.3) is 0 Å². The van der Waals surface area contributed by atoms with Crippen molar-refractivity contribution in [1.29, 1.82) is 0 Å². The van der Waals surface area contributed by atoms with Gasteiger partial charge in [-0.15, -0.1) is 0 Å². The zero-order valence-electron chi connectivity index (χ0n) is 6.86. The molecule has 4 heteroatoms. The maximum absolute atomic E-state index is 10.5. The fourth-order valence-electron chi connectivity index (χ4n) is 1.30. The van der Waals surface area contributed by atoms with Gasteiger partial charge in [-0.3, -0.25) is 4.79 Å². The van der Waals surface area contributed by atoms with Crippen LogP contribution in [0.5, 0.6) is 0 Å². The van der Waals surface area contributed by atoms with Gasteiger partial charge in [0, 0.05) is 10.6 Å². The molecule has 3 nitrogen and oxygen atoms in total. The average molecular weight is 195 g/mol. The molecule has 1 atom stereocenters. The number of benzene rings is 1. The number of rotatable bonds is 2. The Hall–Kier alpha value is -1.16. The SMILES string of the molecule is O=C(O)CC1Nc2ccccc2S1. The van der Waals surface area contributed by atoms with E-state index in [1.807, 2.05) is 24.3 Å². The quantitative estimate of drug-likeness (QED) is 0.757. The second kappa shape index (κ2) is 3.30. The molecular formula is C9H9NO2S. The van der Waals surface area contributed by atoms with Crippen LogP contribution in [-0.4, -0.2) is 16.4 Å². The van der Waals surface area contributed by atoms with Gasteiger partial charge in [0.1, 0.15) is 0 Å². The van der Waals surface area contributed by atoms with Crippen LogP contribution in [0.3, 0.4) is 0 Å². The zero-order valence-corrected chi connectivity index (χ0v) is 7.67. The molecule has 0 spiro atoms. The highest BCUT2D eigenvalue weighted by atomic mass is 32.2. The molecule has 1 aromatic carbocycles. The summed E-state index contributed by atoms with van der Waals surface area (Å²) >= 11 is 1.57. The second-order valence-electron chi connectivity index (χ2n) is 2.84. The molecule has 0 aromatic heterocycles. The molecule has 0 bridgehead atoms. The zero-order chi connectivity index (χ0) is 9.26. The first-order valence-electron chi connectivity index (χ1n) is 4.00. The van der Waals surface area contributed by atoms with E-state index in [4.69, 9.17) is 5.11 Å². The fraction of sp³-hybridized carbons (Fsp3) is 0.222. The lowest BCUT2D eigenvalue weighted by molar-refractivity contribution is -0.136. The van der Waals surface area contributed by atoms with E-state index in [1.54, 1.807) is 11.8 Å². The molecule has 2 rings (SSSR count). The monoisotopic (exact) mass is 195 g/mol. The first kappa shape index (κ1) is 8.44. The van der Waals surface area contributed by atoms with Gasteiger partial charge in [-0.05, 0) is 12.1 Å². The molecule has 13 heavy (non-hydrogen) atoms. The van der Waals surface area contributed by atoms with Crippen LogP contribution in [0.15, 0.2) is 29.2 Å². The summed E-state index contributed by atoms with van der Waals surface area (Å²) in [5.41, 5.74) is 1.04. The molecule has 0 fully saturated rings. The summed E-state index contributed by atoms with van der Waals surface area (Å²) in [5, 5.41) is 11.7. The highest BCUT2D eigenvalue weighted by Gasteiger charge is 2.22. The predicted octanol–water partition coefficient (Wildman–Crippen LogP) is 2.00. The number of hydrogen-bond donors (Lipinski definition) is 2. The summed E-state index contributed by atoms with van der Waals surface area (Å²) in [6.07, 6.45) is 0.152. The van der Waals surface area contributed by atoms with Gasteiger partial charge < -0.3 is 10.4 Å². The molecule has 68 valence electrons. The highest BCUT2D eigenvalue weighted by molar-refractivity contribution is 8.00. The van der Waals surface area contributed by atoms with Crippen LogP contribution < -0.4 is 5.32 Å². The van der Waals surface area contributed by atoms with Crippen molar-refractivity contribution in [2.75, 3.05) is 5.32 Å². The van der Waals surface area contributed by atoms with Crippen molar-refractivity contribution in [3.63, 3.8) is 0 Å². The van der Waals surface area contributed by atoms with Crippen LogP contribution in [-0.2, 0) is 4.79 Å². The standard InChI is InChI=1S/C9H9NO2S/c11-9(12)5-8-10-6-3-1-2-4-7(6)13-8/h1-4,8,10H,5H2,(H,11,12). The summed E-state index contributed by atoms with van der Waals surface area (Å²) in [7, 11) is 0. The topological polar surface area (TPSA) is 49.3 Å². The van der Waals surface area contributed by atoms with Gasteiger partial charge in [-0.2, -0.15) is 0 Å². The average Bonchev–Trinajstić information content (AvgIpc) is 2.44. The molecule has 1 heterocycles. The van der Waals surface area contributed by atoms with E-state index >= 15 is 0 Å². The van der Waals surface area contributed by atoms with Crippen LogP contribution in [0.25, 0.3) is 0 Å². The number of aliphatic carboxylic acids is 1. The van der Waals surface area contributed by atoms with Crippen molar-refractivity contribution in [3.8, 4) is 0 Å². The van der Waals surface area contributed by atoms with E-state index in [1.165, 1.54) is 0 Å². The van der Waals surface area contributed by atoms with Crippen molar-refractivity contribution in [3.05, 3.63) is 24.3 Å². The second-order valence-corrected chi connectivity index (χ2v) is 4.09. The highest BCUT2D eigenvalue weighted by Crippen LogP contribution is 2.38. The van der Waals surface area contributed by atoms with Gasteiger partial charge in [0.05, 0.1) is 11.8 Å². The maximum Gasteiger partial charge on any atom is 0.306 e. The molecule has 2 N–H and O–H groups in total. The summed E-state index contributed by atoms with van der Waals surface area (Å²) in [4.78, 5) is 11.6. The Morgan fingerprint density at radius 1 is 1.54 bits per heavy atom. The number of anilines is 1. The van der Waals surface area contributed by atoms with E-state index in [2.05, 4.69) is 5.32 Å². The predicted molar refractivity (Wildman–Crippen MR) is 52.0 cm³/mol. The van der Waals surface area contributed by atoms with E-state index in [0.29, 0.717) is 0 Å². The smallest absolute Gasteiger partial charge is 0.306 e. The van der Waals surface area contributed by atoms with Gasteiger partial charge in [0.15, 0.2) is 0 Å². The maximum atomic E-state index is 10.5. The van der Waals surface area contributed by atoms with Gasteiger partial charge in [-0.25, -0.2) is 0 Å². The molecule has 1 unspecified atom stereocenters. The van der Waals surface area contributed by atoms with E-state index in [9.17, 15) is 4.79 Å². The molecule has 0 saturated carbocycles. The Morgan fingerprint density at radius 3 is 3.00 bits per heavy atom. The van der Waals surface area contributed by atoms with Crippen molar-refractivity contribution >= 4 is 23.4 Å². The van der Waals surface area contributed by atoms with Crippen LogP contribution >= 0.6 is 11.8 Å². The number of nitrogens with one attached hydrogen (secondary N) is 1. The number of carboxylic acids is 1. The van der Waals surface area contributed by atoms with Crippen molar-refractivity contribution in [2.45, 2.75) is 16.7 Å². The lowest BCUT2D eigenvalue weighted by Gasteiger charge is -2.05. The first-order valence-corrected chi connectivity index (χ1v) is 4.88. The molecule has 1 aliphatic rings. The minimum absolute atomic E-state index is 0.0186. The van der Waals surface area contributed by atoms with Crippen LogP contribution in [0.4, 0.5) is 5.69 Å². The van der Waals surface area contributed by atoms with Crippen molar-refractivity contribution < 1.29 is 9.90 Å². The minimum atomic E-state index is -0.766. The molecule has 0 aliphatic carbocycles. The number of fused-ring (bicyclic) bond motifs is 1. The fourth-order valence-corrected chi connectivity index (χ4v) is 2.43. The Bertz CT molecular complexity index is 315.